The van der Waals surface area contributed by atoms with E-state index in [1.54, 1.807) is 0 Å². The average Bonchev–Trinajstić information content (AvgIpc) is 3.14. The molecule has 0 nitrogen and oxygen atoms in total. The zero-order chi connectivity index (χ0) is 30.7. The third kappa shape index (κ3) is 6.46. The van der Waals surface area contributed by atoms with Gasteiger partial charge in [0.15, 0.2) is 0 Å². The molecule has 8 aromatic carbocycles. The minimum Gasteiger partial charge on any atom is -0.358 e. The molecule has 0 saturated heterocycles. The van der Waals surface area contributed by atoms with Gasteiger partial charge < -0.3 is 7.43 Å². The molecule has 0 amide bonds. The zero-order valence-corrected chi connectivity index (χ0v) is 30.3. The van der Waals surface area contributed by atoms with Crippen LogP contribution in [-0.4, -0.2) is 0 Å². The van der Waals surface area contributed by atoms with Crippen molar-refractivity contribution in [2.75, 3.05) is 0 Å². The molecule has 0 fully saturated rings. The SMILES string of the molecule is [CH3-].[Pd].c1ccc([PH+](c2ccccc2)c2ccc3ccccc3c2-c2c([PH+](c3ccccc3)c3ccccc3)ccc3ccccc23)cc1. The molecule has 0 N–H and O–H groups in total. The molecule has 0 aliphatic carbocycles. The van der Waals surface area contributed by atoms with Crippen molar-refractivity contribution < 1.29 is 20.4 Å². The van der Waals surface area contributed by atoms with Gasteiger partial charge in [-0.2, -0.15) is 0 Å². The number of hydrogen-bond acceptors (Lipinski definition) is 0. The summed E-state index contributed by atoms with van der Waals surface area (Å²) in [5, 5.41) is 13.6. The zero-order valence-electron chi connectivity index (χ0n) is 26.8. The van der Waals surface area contributed by atoms with Gasteiger partial charge in [0.25, 0.3) is 0 Å². The van der Waals surface area contributed by atoms with Gasteiger partial charge in [-0.25, -0.2) is 0 Å². The Morgan fingerprint density at radius 2 is 0.542 bits per heavy atom. The molecular formula is C45H37P2Pd+. The van der Waals surface area contributed by atoms with E-state index in [0.29, 0.717) is 0 Å². The van der Waals surface area contributed by atoms with Crippen molar-refractivity contribution in [2.45, 2.75) is 0 Å². The third-order valence-electron chi connectivity index (χ3n) is 8.90. The van der Waals surface area contributed by atoms with E-state index in [1.165, 1.54) is 64.5 Å². The predicted molar refractivity (Wildman–Crippen MR) is 214 cm³/mol. The molecule has 0 aromatic heterocycles. The minimum absolute atomic E-state index is 0. The van der Waals surface area contributed by atoms with Crippen LogP contribution in [0.2, 0.25) is 0 Å². The van der Waals surface area contributed by atoms with Gasteiger partial charge in [-0.15, -0.1) is 0 Å². The summed E-state index contributed by atoms with van der Waals surface area (Å²) in [6, 6.07) is 72.2. The number of hydrogen-bond donors (Lipinski definition) is 0. The predicted octanol–water partition coefficient (Wildman–Crippen LogP) is 9.09. The van der Waals surface area contributed by atoms with Gasteiger partial charge in [-0.1, -0.05) is 133 Å². The largest absolute Gasteiger partial charge is 0.358 e. The Kier molecular flexibility index (Phi) is 10.8. The molecule has 8 rings (SSSR count). The van der Waals surface area contributed by atoms with Gasteiger partial charge in [0.1, 0.15) is 31.8 Å². The van der Waals surface area contributed by atoms with Crippen LogP contribution in [0.1, 0.15) is 0 Å². The Morgan fingerprint density at radius 3 is 0.854 bits per heavy atom. The van der Waals surface area contributed by atoms with Gasteiger partial charge in [0.2, 0.25) is 0 Å². The van der Waals surface area contributed by atoms with Crippen LogP contribution in [0.15, 0.2) is 194 Å². The molecule has 0 aliphatic rings. The fraction of sp³-hybridized carbons (Fsp3) is 0. The Balaban J connectivity index is 0.00000201. The van der Waals surface area contributed by atoms with E-state index in [0.717, 1.165) is 0 Å². The second kappa shape index (κ2) is 15.4. The van der Waals surface area contributed by atoms with E-state index in [-0.39, 0.29) is 27.8 Å². The first-order valence-corrected chi connectivity index (χ1v) is 18.9. The van der Waals surface area contributed by atoms with Gasteiger partial charge in [0, 0.05) is 31.5 Å². The molecule has 0 heterocycles. The topological polar surface area (TPSA) is 0 Å². The van der Waals surface area contributed by atoms with Crippen LogP contribution in [0, 0.1) is 7.43 Å². The van der Waals surface area contributed by atoms with Crippen LogP contribution in [0.5, 0.6) is 0 Å². The van der Waals surface area contributed by atoms with E-state index >= 15 is 0 Å². The fourth-order valence-electron chi connectivity index (χ4n) is 6.87. The standard InChI is InChI=1S/C44H32P2.CH3.Pd/c1-5-19-35(20-6-1)45(36-21-7-2-8-22-36)41-31-29-33-17-13-15-27-39(33)43(41)44-40-28-16-14-18-34(40)30-32-42(44)46(37-23-9-3-10-24-37)38-25-11-4-12-26-38;;/h1-32H;1H3;/q;-1;/p+2. The quantitative estimate of drug-likeness (QED) is 0.0868. The smallest absolute Gasteiger partial charge is 0.111 e. The maximum absolute atomic E-state index is 2.44. The summed E-state index contributed by atoms with van der Waals surface area (Å²) in [5.74, 6) is 0. The summed E-state index contributed by atoms with van der Waals surface area (Å²) in [6.45, 7) is 0. The van der Waals surface area contributed by atoms with Crippen LogP contribution in [-0.2, 0) is 20.4 Å². The van der Waals surface area contributed by atoms with Gasteiger partial charge in [0.05, 0.1) is 15.8 Å². The molecule has 0 aliphatic heterocycles. The van der Waals surface area contributed by atoms with Crippen molar-refractivity contribution in [2.24, 2.45) is 0 Å². The summed E-state index contributed by atoms with van der Waals surface area (Å²) >= 11 is 0. The number of benzene rings is 8. The van der Waals surface area contributed by atoms with E-state index in [9.17, 15) is 0 Å². The summed E-state index contributed by atoms with van der Waals surface area (Å²) in [6.07, 6.45) is 0. The first-order valence-electron chi connectivity index (χ1n) is 15.9. The molecule has 0 unspecified atom stereocenters. The summed E-state index contributed by atoms with van der Waals surface area (Å²) in [7, 11) is -2.74. The Bertz CT molecular complexity index is 2010. The first kappa shape index (κ1) is 33.7. The minimum atomic E-state index is -1.37. The maximum atomic E-state index is 2.44. The van der Waals surface area contributed by atoms with E-state index in [4.69, 9.17) is 0 Å². The van der Waals surface area contributed by atoms with Gasteiger partial charge in [-0.3, -0.25) is 0 Å². The first-order chi connectivity index (χ1) is 22.9. The molecular weight excluding hydrogens is 709 g/mol. The average molecular weight is 746 g/mol. The van der Waals surface area contributed by atoms with Crippen LogP contribution >= 0.6 is 15.8 Å². The van der Waals surface area contributed by atoms with Crippen molar-refractivity contribution in [1.82, 2.24) is 0 Å². The van der Waals surface area contributed by atoms with Crippen molar-refractivity contribution in [3.8, 4) is 11.1 Å². The van der Waals surface area contributed by atoms with Crippen LogP contribution < -0.4 is 31.8 Å². The fourth-order valence-corrected chi connectivity index (χ4v) is 12.4. The molecule has 236 valence electrons. The molecule has 0 radical (unpaired) electrons. The molecule has 0 saturated carbocycles. The van der Waals surface area contributed by atoms with Gasteiger partial charge >= 0.3 is 0 Å². The summed E-state index contributed by atoms with van der Waals surface area (Å²) in [5.41, 5.74) is 2.75. The number of fused-ring (bicyclic) bond motifs is 2. The van der Waals surface area contributed by atoms with Crippen LogP contribution in [0.25, 0.3) is 32.7 Å². The van der Waals surface area contributed by atoms with Crippen molar-refractivity contribution >= 4 is 69.2 Å². The Labute approximate surface area is 300 Å². The van der Waals surface area contributed by atoms with Crippen molar-refractivity contribution in [3.05, 3.63) is 202 Å². The van der Waals surface area contributed by atoms with E-state index < -0.39 is 15.8 Å². The van der Waals surface area contributed by atoms with E-state index in [2.05, 4.69) is 194 Å². The molecule has 0 bridgehead atoms. The van der Waals surface area contributed by atoms with Gasteiger partial charge in [-0.05, 0) is 82.2 Å². The maximum Gasteiger partial charge on any atom is 0.111 e. The molecule has 0 atom stereocenters. The van der Waals surface area contributed by atoms with Crippen molar-refractivity contribution in [1.29, 1.82) is 0 Å². The van der Waals surface area contributed by atoms with Crippen molar-refractivity contribution in [3.63, 3.8) is 0 Å². The molecule has 8 aromatic rings. The Morgan fingerprint density at radius 1 is 0.271 bits per heavy atom. The van der Waals surface area contributed by atoms with Crippen LogP contribution in [0.4, 0.5) is 0 Å². The third-order valence-corrected chi connectivity index (χ3v) is 14.4. The molecule has 48 heavy (non-hydrogen) atoms. The molecule has 3 heteroatoms. The molecule has 0 spiro atoms. The summed E-state index contributed by atoms with van der Waals surface area (Å²) in [4.78, 5) is 0. The second-order valence-corrected chi connectivity index (χ2v) is 16.5. The Hall–Kier alpha value is -4.20. The van der Waals surface area contributed by atoms with E-state index in [1.807, 2.05) is 0 Å². The number of rotatable bonds is 7. The monoisotopic (exact) mass is 745 g/mol. The summed E-state index contributed by atoms with van der Waals surface area (Å²) < 4.78 is 0. The van der Waals surface area contributed by atoms with Crippen LogP contribution in [0.3, 0.4) is 0 Å². The normalized spacial score (nSPS) is 11.0. The second-order valence-electron chi connectivity index (χ2n) is 11.6.